The molecule has 0 aliphatic carbocycles. The molecule has 79 heavy (non-hydrogen) atoms. The van der Waals surface area contributed by atoms with Crippen molar-refractivity contribution in [1.29, 1.82) is 0 Å². The largest absolute Gasteiger partial charge is 0.465 e. The van der Waals surface area contributed by atoms with E-state index in [4.69, 9.17) is 36.0 Å². The highest BCUT2D eigenvalue weighted by molar-refractivity contribution is 9.10. The van der Waals surface area contributed by atoms with E-state index < -0.39 is 11.5 Å². The van der Waals surface area contributed by atoms with Crippen molar-refractivity contribution in [3.8, 4) is 40.8 Å². The van der Waals surface area contributed by atoms with Gasteiger partial charge in [0.05, 0.1) is 16.1 Å². The van der Waals surface area contributed by atoms with Crippen LogP contribution in [-0.4, -0.2) is 99.1 Å². The van der Waals surface area contributed by atoms with E-state index in [1.807, 2.05) is 16.8 Å². The number of halogens is 3. The molecule has 39 heteroatoms. The van der Waals surface area contributed by atoms with Gasteiger partial charge in [0.1, 0.15) is 52.2 Å². The van der Waals surface area contributed by atoms with E-state index >= 15 is 0 Å². The van der Waals surface area contributed by atoms with Gasteiger partial charge < -0.3 is 18.9 Å². The molecule has 0 saturated heterocycles. The van der Waals surface area contributed by atoms with Crippen LogP contribution in [-0.2, 0) is 54.6 Å². The molecular weight excluding hydrogens is 1280 g/mol. The van der Waals surface area contributed by atoms with E-state index in [1.54, 1.807) is 28.6 Å². The monoisotopic (exact) mass is 1320 g/mol. The van der Waals surface area contributed by atoms with Gasteiger partial charge in [0.25, 0.3) is 20.8 Å². The normalized spacial score (nSPS) is 11.6. The molecule has 0 bridgehead atoms. The number of hydrogen-bond donors (Lipinski definition) is 0. The Balaban J connectivity index is 0.000000133. The molecule has 0 aromatic carbocycles. The van der Waals surface area contributed by atoms with E-state index in [2.05, 4.69) is 77.6 Å². The molecule has 410 valence electrons. The van der Waals surface area contributed by atoms with Crippen molar-refractivity contribution < 1.29 is 28.8 Å². The van der Waals surface area contributed by atoms with Crippen LogP contribution in [0.1, 0.15) is 27.7 Å². The van der Waals surface area contributed by atoms with Crippen LogP contribution in [0.2, 0.25) is 5.02 Å². The molecule has 0 amide bonds. The molecule has 12 rings (SSSR count). The van der Waals surface area contributed by atoms with Crippen molar-refractivity contribution >= 4 is 118 Å². The zero-order valence-corrected chi connectivity index (χ0v) is 49.0. The smallest absolute Gasteiger partial charge is 0.368 e. The minimum absolute atomic E-state index is 0.0890. The van der Waals surface area contributed by atoms with Crippen LogP contribution in [0, 0.1) is 5.82 Å². The summed E-state index contributed by atoms with van der Waals surface area (Å²) in [6.45, 7) is 0.498. The molecule has 0 radical (unpaired) electrons. The first-order valence-corrected chi connectivity index (χ1v) is 29.5. The van der Waals surface area contributed by atoms with Crippen LogP contribution in [0.5, 0.6) is 20.8 Å². The number of hydrogen-bond acceptors (Lipinski definition) is 28. The highest BCUT2D eigenvalue weighted by Gasteiger charge is 2.21. The van der Waals surface area contributed by atoms with Gasteiger partial charge >= 0.3 is 22.8 Å². The van der Waals surface area contributed by atoms with Gasteiger partial charge in [-0.3, -0.25) is 0 Å². The fraction of sp³-hybridized carbons (Fsp3) is 0.200. The van der Waals surface area contributed by atoms with Crippen LogP contribution >= 0.6 is 118 Å². The highest BCUT2D eigenvalue weighted by atomic mass is 79.9. The van der Waals surface area contributed by atoms with E-state index in [9.17, 15) is 23.6 Å². The summed E-state index contributed by atoms with van der Waals surface area (Å²) in [5.41, 5.74) is 0.960. The fourth-order valence-corrected chi connectivity index (χ4v) is 12.2. The van der Waals surface area contributed by atoms with Crippen molar-refractivity contribution in [2.45, 2.75) is 26.4 Å². The van der Waals surface area contributed by atoms with E-state index in [0.717, 1.165) is 61.7 Å². The van der Waals surface area contributed by atoms with Crippen LogP contribution in [0.25, 0.3) is 20.0 Å². The average molecular weight is 1320 g/mol. The van der Waals surface area contributed by atoms with Gasteiger partial charge in [-0.25, -0.2) is 43.5 Å². The summed E-state index contributed by atoms with van der Waals surface area (Å²) in [6, 6.07) is 1.86. The van der Waals surface area contributed by atoms with E-state index in [0.29, 0.717) is 46.2 Å². The molecule has 0 fully saturated rings. The van der Waals surface area contributed by atoms with E-state index in [1.165, 1.54) is 114 Å². The zero-order chi connectivity index (χ0) is 59.1. The molecule has 0 unspecified atom stereocenters. The lowest BCUT2D eigenvalue weighted by Gasteiger charge is -2.04. The van der Waals surface area contributed by atoms with Crippen LogP contribution in [0.3, 0.4) is 0 Å². The van der Waals surface area contributed by atoms with Crippen molar-refractivity contribution in [1.82, 2.24) is 99.1 Å². The second kappa shape index (κ2) is 26.1. The predicted octanol–water partition coefficient (Wildman–Crippen LogP) is 5.81. The molecule has 0 N–H and O–H groups in total. The lowest BCUT2D eigenvalue weighted by atomic mass is 10.3. The summed E-state index contributed by atoms with van der Waals surface area (Å²) < 4.78 is 75.1. The summed E-state index contributed by atoms with van der Waals surface area (Å²) in [4.78, 5) is 63.0. The maximum Gasteiger partial charge on any atom is 0.368 e. The minimum Gasteiger partial charge on any atom is -0.465 e. The van der Waals surface area contributed by atoms with Gasteiger partial charge in [-0.1, -0.05) is 56.9 Å². The molecule has 0 aliphatic heterocycles. The van der Waals surface area contributed by atoms with Gasteiger partial charge in [0.15, 0.2) is 0 Å². The Bertz CT molecular complexity index is 4080. The van der Waals surface area contributed by atoms with E-state index in [-0.39, 0.29) is 78.9 Å². The molecule has 12 heterocycles. The van der Waals surface area contributed by atoms with Crippen LogP contribution in [0.15, 0.2) is 97.4 Å². The molecule has 0 spiro atoms. The molecule has 12 aromatic rings. The first-order chi connectivity index (χ1) is 39.8. The van der Waals surface area contributed by atoms with Gasteiger partial charge in [-0.05, 0) is 69.1 Å². The molecule has 0 aliphatic rings. The Morgan fingerprint density at radius 1 is 0.481 bits per heavy atom. The molecular formula is C40H33BrClFN20O8S8. The van der Waals surface area contributed by atoms with Crippen LogP contribution in [0.4, 0.5) is 4.39 Å². The number of thiophene rings is 4. The summed E-state index contributed by atoms with van der Waals surface area (Å²) in [5, 5.41) is 46.8. The average Bonchev–Trinajstić information content (AvgIpc) is 4.29. The minimum atomic E-state index is -0.491. The molecule has 12 aromatic heterocycles. The Kier molecular flexibility index (Phi) is 16.9. The third-order valence-corrected chi connectivity index (χ3v) is 17.6. The standard InChI is InChI=1S/C10H8BrN5O2S2.C10H8ClN5O2S2.C10H8FN5O2S2.C10H9N5O2S2/c3*1-15-10(17)16(14-13-15)8-6(7(11)5-20-8)4-18-9-12-2-3-19-9;1-14-10(16)15(13-12-14)8-7(2-4-18-8)6-17-9-11-3-5-19-9/h3*2-3,5H,4H2,1H3;2-5H,6H2,1H3/i3*2T;3T. The number of aromatic nitrogens is 20. The van der Waals surface area contributed by atoms with Crippen molar-refractivity contribution in [2.24, 2.45) is 28.2 Å². The van der Waals surface area contributed by atoms with Gasteiger partial charge in [-0.2, -0.15) is 18.7 Å². The maximum atomic E-state index is 13.8. The Morgan fingerprint density at radius 3 is 1.27 bits per heavy atom. The van der Waals surface area contributed by atoms with Crippen molar-refractivity contribution in [2.75, 3.05) is 0 Å². The SMILES string of the molecule is [3H]c1csc(OCc2c(Br)csc2-n2nnn(C)c2=O)n1.[3H]c1csc(OCc2c(Cl)csc2-n2nnn(C)c2=O)n1.[3H]c1csc(OCc2c(F)csc2-n2nnn(C)c2=O)n1.[3H]c1csc(OCc2ccsc2-n2nnn(C)c2=O)n1. The molecule has 28 nitrogen and oxygen atoms in total. The Hall–Kier alpha value is -7.30. The number of ether oxygens (including phenoxy) is 4. The topological polar surface area (TPSA) is 299 Å². The Morgan fingerprint density at radius 2 is 0.848 bits per heavy atom. The number of nitrogens with zero attached hydrogens (tertiary/aromatic N) is 20. The molecule has 0 atom stereocenters. The zero-order valence-electron chi connectivity index (χ0n) is 44.1. The predicted molar refractivity (Wildman–Crippen MR) is 296 cm³/mol. The maximum absolute atomic E-state index is 13.8. The third kappa shape index (κ3) is 13.4. The number of thiazole rings is 4. The fourth-order valence-electron chi connectivity index (χ4n) is 5.90. The first-order valence-electron chi connectivity index (χ1n) is 23.3. The quantitative estimate of drug-likeness (QED) is 0.110. The van der Waals surface area contributed by atoms with Gasteiger partial charge in [-0.15, -0.1) is 64.1 Å². The summed E-state index contributed by atoms with van der Waals surface area (Å²) in [7, 11) is 6.05. The van der Waals surface area contributed by atoms with Gasteiger partial charge in [0.2, 0.25) is 0 Å². The van der Waals surface area contributed by atoms with Crippen molar-refractivity contribution in [3.05, 3.63) is 153 Å². The second-order valence-corrected chi connectivity index (χ2v) is 22.7. The molecule has 0 saturated carbocycles. The summed E-state index contributed by atoms with van der Waals surface area (Å²) in [6.07, 6.45) is 0.591. The Labute approximate surface area is 491 Å². The third-order valence-electron chi connectivity index (χ3n) is 9.69. The highest BCUT2D eigenvalue weighted by Crippen LogP contribution is 2.33. The lowest BCUT2D eigenvalue weighted by molar-refractivity contribution is 0.298. The summed E-state index contributed by atoms with van der Waals surface area (Å²) >= 11 is 19.5. The number of rotatable bonds is 16. The second-order valence-electron chi connectivity index (χ2n) is 14.7. The number of aryl methyl sites for hydroxylation is 4. The van der Waals surface area contributed by atoms with Crippen LogP contribution < -0.4 is 41.7 Å². The van der Waals surface area contributed by atoms with Gasteiger partial charge in [0, 0.05) is 112 Å². The summed E-state index contributed by atoms with van der Waals surface area (Å²) in [5.74, 6) is -0.491. The number of tetrazole rings is 4. The first kappa shape index (κ1) is 51.2. The lowest BCUT2D eigenvalue weighted by Crippen LogP contribution is -2.22. The van der Waals surface area contributed by atoms with Crippen molar-refractivity contribution in [3.63, 3.8) is 0 Å².